The SMILES string of the molecule is O=C1CCCC2NCC3C(=O)CCCC3=C12. The molecule has 3 rings (SSSR count). The number of fused-ring (bicyclic) bond motifs is 2. The Balaban J connectivity index is 2.03. The molecule has 0 aromatic heterocycles. The molecule has 3 aliphatic rings. The minimum Gasteiger partial charge on any atom is -0.309 e. The first-order valence-electron chi connectivity index (χ1n) is 6.29. The molecule has 0 bridgehead atoms. The van der Waals surface area contributed by atoms with Crippen LogP contribution in [0, 0.1) is 5.92 Å². The molecule has 1 N–H and O–H groups in total. The molecule has 0 aromatic carbocycles. The molecular weight excluding hydrogens is 202 g/mol. The zero-order valence-electron chi connectivity index (χ0n) is 9.42. The van der Waals surface area contributed by atoms with Gasteiger partial charge in [-0.3, -0.25) is 9.59 Å². The Labute approximate surface area is 95.3 Å². The van der Waals surface area contributed by atoms with Gasteiger partial charge in [0.1, 0.15) is 5.78 Å². The third-order valence-electron chi connectivity index (χ3n) is 4.14. The highest BCUT2D eigenvalue weighted by molar-refractivity contribution is 6.00. The summed E-state index contributed by atoms with van der Waals surface area (Å²) in [5.41, 5.74) is 2.17. The lowest BCUT2D eigenvalue weighted by Crippen LogP contribution is -2.48. The van der Waals surface area contributed by atoms with Gasteiger partial charge in [-0.25, -0.2) is 0 Å². The number of Topliss-reactive ketones (excluding diaryl/α,β-unsaturated/α-hetero) is 2. The maximum absolute atomic E-state index is 12.0. The van der Waals surface area contributed by atoms with Crippen molar-refractivity contribution in [2.45, 2.75) is 44.6 Å². The lowest BCUT2D eigenvalue weighted by atomic mass is 9.72. The molecule has 1 aliphatic heterocycles. The molecular formula is C13H17NO2. The van der Waals surface area contributed by atoms with E-state index in [0.717, 1.165) is 37.8 Å². The van der Waals surface area contributed by atoms with Gasteiger partial charge in [0.2, 0.25) is 0 Å². The van der Waals surface area contributed by atoms with E-state index in [2.05, 4.69) is 5.32 Å². The maximum Gasteiger partial charge on any atom is 0.160 e. The normalized spacial score (nSPS) is 34.8. The molecule has 2 aliphatic carbocycles. The Hall–Kier alpha value is -0.960. The predicted octanol–water partition coefficient (Wildman–Crippen LogP) is 1.38. The number of rotatable bonds is 0. The molecule has 2 atom stereocenters. The Morgan fingerprint density at radius 3 is 2.81 bits per heavy atom. The van der Waals surface area contributed by atoms with Crippen molar-refractivity contribution in [3.8, 4) is 0 Å². The van der Waals surface area contributed by atoms with E-state index in [-0.39, 0.29) is 17.7 Å². The highest BCUT2D eigenvalue weighted by Gasteiger charge is 2.38. The van der Waals surface area contributed by atoms with Crippen LogP contribution in [0.2, 0.25) is 0 Å². The number of carbonyl (C=O) groups excluding carboxylic acids is 2. The summed E-state index contributed by atoms with van der Waals surface area (Å²) < 4.78 is 0. The largest absolute Gasteiger partial charge is 0.309 e. The second-order valence-electron chi connectivity index (χ2n) is 5.09. The topological polar surface area (TPSA) is 46.2 Å². The van der Waals surface area contributed by atoms with Gasteiger partial charge in [-0.05, 0) is 25.7 Å². The molecule has 2 unspecified atom stereocenters. The molecule has 0 radical (unpaired) electrons. The van der Waals surface area contributed by atoms with Gasteiger partial charge in [0.15, 0.2) is 5.78 Å². The summed E-state index contributed by atoms with van der Waals surface area (Å²) in [6.07, 6.45) is 5.33. The Bertz CT molecular complexity index is 383. The van der Waals surface area contributed by atoms with E-state index in [1.807, 2.05) is 0 Å². The molecule has 86 valence electrons. The number of ketones is 2. The van der Waals surface area contributed by atoms with Gasteiger partial charge in [-0.15, -0.1) is 0 Å². The first kappa shape index (κ1) is 10.2. The Morgan fingerprint density at radius 2 is 1.94 bits per heavy atom. The van der Waals surface area contributed by atoms with Crippen LogP contribution in [0.3, 0.4) is 0 Å². The number of carbonyl (C=O) groups is 2. The van der Waals surface area contributed by atoms with Crippen LogP contribution in [0.5, 0.6) is 0 Å². The zero-order valence-corrected chi connectivity index (χ0v) is 9.42. The standard InChI is InChI=1S/C13H17NO2/c15-11-5-1-3-8-9(11)7-14-10-4-2-6-12(16)13(8)10/h9-10,14H,1-7H2. The van der Waals surface area contributed by atoms with E-state index < -0.39 is 0 Å². The monoisotopic (exact) mass is 219 g/mol. The number of hydrogen-bond acceptors (Lipinski definition) is 3. The van der Waals surface area contributed by atoms with Gasteiger partial charge in [0, 0.05) is 31.0 Å². The van der Waals surface area contributed by atoms with Crippen molar-refractivity contribution >= 4 is 11.6 Å². The molecule has 1 heterocycles. The molecule has 0 saturated heterocycles. The van der Waals surface area contributed by atoms with Gasteiger partial charge in [0.25, 0.3) is 0 Å². The fourth-order valence-electron chi connectivity index (χ4n) is 3.36. The quantitative estimate of drug-likeness (QED) is 0.669. The molecule has 2 saturated carbocycles. The van der Waals surface area contributed by atoms with E-state index in [9.17, 15) is 9.59 Å². The Morgan fingerprint density at radius 1 is 1.06 bits per heavy atom. The second kappa shape index (κ2) is 3.81. The van der Waals surface area contributed by atoms with Crippen LogP contribution >= 0.6 is 0 Å². The summed E-state index contributed by atoms with van der Waals surface area (Å²) in [4.78, 5) is 23.8. The fraction of sp³-hybridized carbons (Fsp3) is 0.692. The first-order chi connectivity index (χ1) is 7.77. The number of nitrogens with one attached hydrogen (secondary N) is 1. The van der Waals surface area contributed by atoms with Crippen molar-refractivity contribution in [2.24, 2.45) is 5.92 Å². The molecule has 0 amide bonds. The van der Waals surface area contributed by atoms with E-state index in [1.165, 1.54) is 5.57 Å². The fourth-order valence-corrected chi connectivity index (χ4v) is 3.36. The van der Waals surface area contributed by atoms with E-state index in [4.69, 9.17) is 0 Å². The predicted molar refractivity (Wildman–Crippen MR) is 60.0 cm³/mol. The minimum atomic E-state index is 0.0158. The van der Waals surface area contributed by atoms with Crippen molar-refractivity contribution in [3.63, 3.8) is 0 Å². The Kier molecular flexibility index (Phi) is 2.43. The van der Waals surface area contributed by atoms with Crippen LogP contribution in [0.15, 0.2) is 11.1 Å². The van der Waals surface area contributed by atoms with Crippen molar-refractivity contribution < 1.29 is 9.59 Å². The summed E-state index contributed by atoms with van der Waals surface area (Å²) >= 11 is 0. The smallest absolute Gasteiger partial charge is 0.160 e. The highest BCUT2D eigenvalue weighted by Crippen LogP contribution is 2.36. The molecule has 0 spiro atoms. The van der Waals surface area contributed by atoms with Crippen LogP contribution in [0.1, 0.15) is 38.5 Å². The van der Waals surface area contributed by atoms with Gasteiger partial charge in [-0.1, -0.05) is 5.57 Å². The lowest BCUT2D eigenvalue weighted by Gasteiger charge is -2.38. The van der Waals surface area contributed by atoms with Crippen LogP contribution in [-0.4, -0.2) is 24.2 Å². The summed E-state index contributed by atoms with van der Waals surface area (Å²) in [6.45, 7) is 0.760. The third kappa shape index (κ3) is 1.46. The molecule has 16 heavy (non-hydrogen) atoms. The molecule has 3 nitrogen and oxygen atoms in total. The average molecular weight is 219 g/mol. The van der Waals surface area contributed by atoms with E-state index in [0.29, 0.717) is 18.6 Å². The lowest BCUT2D eigenvalue weighted by molar-refractivity contribution is -0.123. The molecule has 0 aromatic rings. The van der Waals surface area contributed by atoms with Crippen LogP contribution in [0.25, 0.3) is 0 Å². The van der Waals surface area contributed by atoms with Gasteiger partial charge in [-0.2, -0.15) is 0 Å². The van der Waals surface area contributed by atoms with Crippen molar-refractivity contribution in [1.82, 2.24) is 5.32 Å². The first-order valence-corrected chi connectivity index (χ1v) is 6.29. The van der Waals surface area contributed by atoms with E-state index >= 15 is 0 Å². The zero-order chi connectivity index (χ0) is 11.1. The van der Waals surface area contributed by atoms with Gasteiger partial charge in [0.05, 0.1) is 5.92 Å². The van der Waals surface area contributed by atoms with Crippen LogP contribution in [0.4, 0.5) is 0 Å². The summed E-state index contributed by atoms with van der Waals surface area (Å²) in [7, 11) is 0. The number of hydrogen-bond donors (Lipinski definition) is 1. The third-order valence-corrected chi connectivity index (χ3v) is 4.14. The van der Waals surface area contributed by atoms with Crippen molar-refractivity contribution in [2.75, 3.05) is 6.54 Å². The van der Waals surface area contributed by atoms with Crippen molar-refractivity contribution in [3.05, 3.63) is 11.1 Å². The maximum atomic E-state index is 12.0. The van der Waals surface area contributed by atoms with E-state index in [1.54, 1.807) is 0 Å². The summed E-state index contributed by atoms with van der Waals surface area (Å²) in [5, 5.41) is 3.38. The summed E-state index contributed by atoms with van der Waals surface area (Å²) in [6, 6.07) is 0.249. The van der Waals surface area contributed by atoms with Gasteiger partial charge < -0.3 is 5.32 Å². The molecule has 3 heteroatoms. The van der Waals surface area contributed by atoms with Gasteiger partial charge >= 0.3 is 0 Å². The molecule has 2 fully saturated rings. The highest BCUT2D eigenvalue weighted by atomic mass is 16.1. The van der Waals surface area contributed by atoms with Crippen LogP contribution in [-0.2, 0) is 9.59 Å². The minimum absolute atomic E-state index is 0.0158. The average Bonchev–Trinajstić information content (AvgIpc) is 2.29. The summed E-state index contributed by atoms with van der Waals surface area (Å²) in [5.74, 6) is 0.637. The van der Waals surface area contributed by atoms with Crippen LogP contribution < -0.4 is 5.32 Å². The van der Waals surface area contributed by atoms with Crippen molar-refractivity contribution in [1.29, 1.82) is 0 Å². The second-order valence-corrected chi connectivity index (χ2v) is 5.09.